The SMILES string of the molecule is C=CCOc1ccc(NC(=S)NC(=O)c2ccc(OCCCCCC)c(Br)c2)cc1. The molecule has 0 saturated heterocycles. The molecule has 160 valence electrons. The number of ether oxygens (including phenoxy) is 2. The molecule has 0 aliphatic rings. The van der Waals surface area contributed by atoms with Gasteiger partial charge >= 0.3 is 0 Å². The standard InChI is InChI=1S/C23H27BrN2O3S/c1-3-5-6-7-15-29-21-13-8-17(16-20(21)24)22(27)26-23(30)25-18-9-11-19(12-10-18)28-14-4-2/h4,8-13,16H,2-3,5-7,14-15H2,1H3,(H2,25,26,27,30). The topological polar surface area (TPSA) is 59.6 Å². The Kier molecular flexibility index (Phi) is 10.4. The summed E-state index contributed by atoms with van der Waals surface area (Å²) in [7, 11) is 0. The van der Waals surface area contributed by atoms with Gasteiger partial charge in [-0.1, -0.05) is 38.8 Å². The van der Waals surface area contributed by atoms with Crippen LogP contribution in [0, 0.1) is 0 Å². The third kappa shape index (κ3) is 8.16. The molecule has 0 atom stereocenters. The van der Waals surface area contributed by atoms with Crippen LogP contribution in [0.15, 0.2) is 59.6 Å². The Morgan fingerprint density at radius 2 is 1.90 bits per heavy atom. The van der Waals surface area contributed by atoms with Gasteiger partial charge in [-0.15, -0.1) is 0 Å². The van der Waals surface area contributed by atoms with Crippen LogP contribution < -0.4 is 20.1 Å². The highest BCUT2D eigenvalue weighted by atomic mass is 79.9. The number of unbranched alkanes of at least 4 members (excludes halogenated alkanes) is 3. The molecule has 0 bridgehead atoms. The Balaban J connectivity index is 1.85. The number of nitrogens with one attached hydrogen (secondary N) is 2. The summed E-state index contributed by atoms with van der Waals surface area (Å²) in [6.07, 6.45) is 6.26. The molecule has 2 aromatic rings. The Labute approximate surface area is 192 Å². The second-order valence-corrected chi connectivity index (χ2v) is 7.85. The van der Waals surface area contributed by atoms with Crippen LogP contribution in [0.4, 0.5) is 5.69 Å². The summed E-state index contributed by atoms with van der Waals surface area (Å²) in [5.74, 6) is 1.16. The maximum atomic E-state index is 12.5. The zero-order chi connectivity index (χ0) is 21.8. The van der Waals surface area contributed by atoms with Crippen LogP contribution in [-0.4, -0.2) is 24.2 Å². The highest BCUT2D eigenvalue weighted by molar-refractivity contribution is 9.10. The highest BCUT2D eigenvalue weighted by Gasteiger charge is 2.11. The molecular formula is C23H27BrN2O3S. The van der Waals surface area contributed by atoms with E-state index >= 15 is 0 Å². The highest BCUT2D eigenvalue weighted by Crippen LogP contribution is 2.26. The molecule has 0 radical (unpaired) electrons. The molecule has 2 aromatic carbocycles. The van der Waals surface area contributed by atoms with Gasteiger partial charge in [-0.05, 0) is 77.0 Å². The van der Waals surface area contributed by atoms with Gasteiger partial charge in [-0.3, -0.25) is 10.1 Å². The molecule has 0 fully saturated rings. The average molecular weight is 491 g/mol. The van der Waals surface area contributed by atoms with Crippen molar-refractivity contribution in [2.75, 3.05) is 18.5 Å². The van der Waals surface area contributed by atoms with Crippen molar-refractivity contribution in [3.8, 4) is 11.5 Å². The third-order valence-electron chi connectivity index (χ3n) is 4.16. The number of amides is 1. The monoisotopic (exact) mass is 490 g/mol. The quantitative estimate of drug-likeness (QED) is 0.226. The first-order valence-corrected chi connectivity index (χ1v) is 11.1. The Bertz CT molecular complexity index is 856. The van der Waals surface area contributed by atoms with Gasteiger partial charge in [-0.25, -0.2) is 0 Å². The Hall–Kier alpha value is -2.38. The van der Waals surface area contributed by atoms with Crippen molar-refractivity contribution >= 4 is 44.9 Å². The second-order valence-electron chi connectivity index (χ2n) is 6.59. The predicted octanol–water partition coefficient (Wildman–Crippen LogP) is 6.10. The number of carbonyl (C=O) groups is 1. The minimum atomic E-state index is -0.298. The van der Waals surface area contributed by atoms with Crippen molar-refractivity contribution in [1.29, 1.82) is 0 Å². The van der Waals surface area contributed by atoms with Crippen LogP contribution in [0.5, 0.6) is 11.5 Å². The summed E-state index contributed by atoms with van der Waals surface area (Å²) in [5, 5.41) is 5.88. The zero-order valence-electron chi connectivity index (χ0n) is 17.1. The van der Waals surface area contributed by atoms with Crippen molar-refractivity contribution in [1.82, 2.24) is 5.32 Å². The maximum absolute atomic E-state index is 12.5. The summed E-state index contributed by atoms with van der Waals surface area (Å²) in [6.45, 7) is 6.90. The van der Waals surface area contributed by atoms with Crippen LogP contribution in [0.3, 0.4) is 0 Å². The van der Waals surface area contributed by atoms with Crippen LogP contribution in [0.1, 0.15) is 43.0 Å². The molecule has 7 heteroatoms. The Morgan fingerprint density at radius 1 is 1.13 bits per heavy atom. The van der Waals surface area contributed by atoms with E-state index in [-0.39, 0.29) is 11.0 Å². The largest absolute Gasteiger partial charge is 0.492 e. The molecule has 2 N–H and O–H groups in total. The summed E-state index contributed by atoms with van der Waals surface area (Å²) in [5.41, 5.74) is 1.23. The molecule has 30 heavy (non-hydrogen) atoms. The summed E-state index contributed by atoms with van der Waals surface area (Å²) in [6, 6.07) is 12.5. The van der Waals surface area contributed by atoms with Crippen LogP contribution in [0.2, 0.25) is 0 Å². The fourth-order valence-corrected chi connectivity index (χ4v) is 3.30. The fraction of sp³-hybridized carbons (Fsp3) is 0.304. The molecule has 0 saturated carbocycles. The van der Waals surface area contributed by atoms with Crippen molar-refractivity contribution in [2.24, 2.45) is 0 Å². The van der Waals surface area contributed by atoms with Gasteiger partial charge < -0.3 is 14.8 Å². The normalized spacial score (nSPS) is 10.2. The molecule has 0 heterocycles. The van der Waals surface area contributed by atoms with Crippen molar-refractivity contribution in [3.63, 3.8) is 0 Å². The van der Waals surface area contributed by atoms with E-state index in [1.54, 1.807) is 24.3 Å². The van der Waals surface area contributed by atoms with E-state index in [4.69, 9.17) is 21.7 Å². The number of carbonyl (C=O) groups excluding carboxylic acids is 1. The number of thiocarbonyl (C=S) groups is 1. The molecule has 0 spiro atoms. The van der Waals surface area contributed by atoms with E-state index in [9.17, 15) is 4.79 Å². The van der Waals surface area contributed by atoms with Crippen molar-refractivity contribution in [2.45, 2.75) is 32.6 Å². The van der Waals surface area contributed by atoms with Crippen LogP contribution in [0.25, 0.3) is 0 Å². The van der Waals surface area contributed by atoms with Gasteiger partial charge in [0, 0.05) is 11.3 Å². The lowest BCUT2D eigenvalue weighted by atomic mass is 10.2. The molecular weight excluding hydrogens is 464 g/mol. The molecule has 0 aliphatic carbocycles. The second kappa shape index (κ2) is 13.0. The molecule has 0 aliphatic heterocycles. The lowest BCUT2D eigenvalue weighted by Crippen LogP contribution is -2.34. The minimum Gasteiger partial charge on any atom is -0.492 e. The maximum Gasteiger partial charge on any atom is 0.257 e. The third-order valence-corrected chi connectivity index (χ3v) is 4.98. The number of anilines is 1. The fourth-order valence-electron chi connectivity index (χ4n) is 2.60. The predicted molar refractivity (Wildman–Crippen MR) is 130 cm³/mol. The van der Waals surface area contributed by atoms with E-state index in [1.165, 1.54) is 12.8 Å². The van der Waals surface area contributed by atoms with E-state index in [0.29, 0.717) is 18.8 Å². The molecule has 0 unspecified atom stereocenters. The number of hydrogen-bond donors (Lipinski definition) is 2. The summed E-state index contributed by atoms with van der Waals surface area (Å²) < 4.78 is 12.0. The van der Waals surface area contributed by atoms with E-state index in [0.717, 1.165) is 34.5 Å². The average Bonchev–Trinajstić information content (AvgIpc) is 2.74. The summed E-state index contributed by atoms with van der Waals surface area (Å²) >= 11 is 8.71. The van der Waals surface area contributed by atoms with Gasteiger partial charge in [0.15, 0.2) is 5.11 Å². The van der Waals surface area contributed by atoms with Crippen molar-refractivity contribution < 1.29 is 14.3 Å². The van der Waals surface area contributed by atoms with Crippen LogP contribution in [-0.2, 0) is 0 Å². The zero-order valence-corrected chi connectivity index (χ0v) is 19.5. The van der Waals surface area contributed by atoms with Gasteiger partial charge in [0.2, 0.25) is 0 Å². The van der Waals surface area contributed by atoms with Crippen LogP contribution >= 0.6 is 28.1 Å². The first kappa shape index (κ1) is 23.9. The number of halogens is 1. The van der Waals surface area contributed by atoms with E-state index < -0.39 is 0 Å². The van der Waals surface area contributed by atoms with Gasteiger partial charge in [0.25, 0.3) is 5.91 Å². The first-order valence-electron chi connectivity index (χ1n) is 9.92. The molecule has 1 amide bonds. The lowest BCUT2D eigenvalue weighted by molar-refractivity contribution is 0.0977. The molecule has 2 rings (SSSR count). The van der Waals surface area contributed by atoms with Gasteiger partial charge in [0.05, 0.1) is 11.1 Å². The number of hydrogen-bond acceptors (Lipinski definition) is 4. The minimum absolute atomic E-state index is 0.215. The smallest absolute Gasteiger partial charge is 0.257 e. The molecule has 5 nitrogen and oxygen atoms in total. The van der Waals surface area contributed by atoms with Gasteiger partial charge in [0.1, 0.15) is 18.1 Å². The first-order chi connectivity index (χ1) is 14.5. The van der Waals surface area contributed by atoms with Gasteiger partial charge in [-0.2, -0.15) is 0 Å². The molecule has 0 aromatic heterocycles. The Morgan fingerprint density at radius 3 is 2.57 bits per heavy atom. The summed E-state index contributed by atoms with van der Waals surface area (Å²) in [4.78, 5) is 12.5. The van der Waals surface area contributed by atoms with E-state index in [1.807, 2.05) is 24.3 Å². The lowest BCUT2D eigenvalue weighted by Gasteiger charge is -2.12. The number of benzene rings is 2. The number of rotatable bonds is 11. The van der Waals surface area contributed by atoms with E-state index in [2.05, 4.69) is 40.1 Å². The van der Waals surface area contributed by atoms with Crippen molar-refractivity contribution in [3.05, 3.63) is 65.2 Å².